The monoisotopic (exact) mass is 298 g/mol. The minimum atomic E-state index is -0.781. The standard InChI is InChI=1S/C17H18N2OS/c20-17(11-14-12-19-9-10-21-16(19)18-14)8-4-3-6-13-5-1-2-7-15(13)17/h1-2,5,7,9-10,12,20H,3-4,6,8,11H2. The molecule has 2 heterocycles. The number of thiazole rings is 1. The number of aryl methyl sites for hydroxylation is 1. The molecule has 1 unspecified atom stereocenters. The lowest BCUT2D eigenvalue weighted by atomic mass is 9.84. The molecule has 1 aliphatic carbocycles. The molecule has 3 nitrogen and oxygen atoms in total. The molecule has 1 aliphatic rings. The van der Waals surface area contributed by atoms with Gasteiger partial charge in [-0.3, -0.25) is 4.40 Å². The van der Waals surface area contributed by atoms with Crippen LogP contribution >= 0.6 is 11.3 Å². The Morgan fingerprint density at radius 3 is 3.10 bits per heavy atom. The number of nitrogens with zero attached hydrogens (tertiary/aromatic N) is 2. The second kappa shape index (κ2) is 4.97. The predicted octanol–water partition coefficient (Wildman–Crippen LogP) is 3.55. The Labute approximate surface area is 127 Å². The Balaban J connectivity index is 1.73. The van der Waals surface area contributed by atoms with Crippen LogP contribution in [0.5, 0.6) is 0 Å². The molecule has 4 rings (SSSR count). The Bertz CT molecular complexity index is 747. The van der Waals surface area contributed by atoms with Crippen LogP contribution in [0.25, 0.3) is 4.96 Å². The fourth-order valence-electron chi connectivity index (χ4n) is 3.40. The normalized spacial score (nSPS) is 22.1. The van der Waals surface area contributed by atoms with Crippen molar-refractivity contribution < 1.29 is 5.11 Å². The van der Waals surface area contributed by atoms with Gasteiger partial charge in [-0.25, -0.2) is 4.98 Å². The third-order valence-corrected chi connectivity index (χ3v) is 5.19. The van der Waals surface area contributed by atoms with Crippen molar-refractivity contribution in [2.75, 3.05) is 0 Å². The molecular weight excluding hydrogens is 280 g/mol. The predicted molar refractivity (Wildman–Crippen MR) is 84.7 cm³/mol. The van der Waals surface area contributed by atoms with Crippen LogP contribution in [0.1, 0.15) is 36.1 Å². The van der Waals surface area contributed by atoms with E-state index in [1.165, 1.54) is 5.56 Å². The summed E-state index contributed by atoms with van der Waals surface area (Å²) in [5.74, 6) is 0. The van der Waals surface area contributed by atoms with Gasteiger partial charge in [0.1, 0.15) is 0 Å². The molecule has 3 aromatic rings. The number of imidazole rings is 1. The average Bonchev–Trinajstić information content (AvgIpc) is 3.00. The first-order valence-electron chi connectivity index (χ1n) is 7.46. The van der Waals surface area contributed by atoms with E-state index in [1.54, 1.807) is 11.3 Å². The van der Waals surface area contributed by atoms with Crippen LogP contribution in [0, 0.1) is 0 Å². The zero-order valence-electron chi connectivity index (χ0n) is 11.8. The summed E-state index contributed by atoms with van der Waals surface area (Å²) in [6, 6.07) is 8.33. The van der Waals surface area contributed by atoms with Crippen molar-refractivity contribution in [1.29, 1.82) is 0 Å². The first kappa shape index (κ1) is 13.0. The summed E-state index contributed by atoms with van der Waals surface area (Å²) in [6.45, 7) is 0. The number of benzene rings is 1. The fourth-order valence-corrected chi connectivity index (χ4v) is 4.12. The van der Waals surface area contributed by atoms with Crippen molar-refractivity contribution in [3.63, 3.8) is 0 Å². The maximum atomic E-state index is 11.3. The van der Waals surface area contributed by atoms with Gasteiger partial charge in [0.2, 0.25) is 0 Å². The summed E-state index contributed by atoms with van der Waals surface area (Å²) >= 11 is 1.63. The van der Waals surface area contributed by atoms with Crippen molar-refractivity contribution >= 4 is 16.3 Å². The number of hydrogen-bond donors (Lipinski definition) is 1. The molecule has 0 saturated carbocycles. The number of aliphatic hydroxyl groups is 1. The maximum Gasteiger partial charge on any atom is 0.193 e. The van der Waals surface area contributed by atoms with Crippen LogP contribution in [0.4, 0.5) is 0 Å². The first-order valence-corrected chi connectivity index (χ1v) is 8.34. The summed E-state index contributed by atoms with van der Waals surface area (Å²) < 4.78 is 2.03. The molecule has 4 heteroatoms. The third kappa shape index (κ3) is 2.28. The van der Waals surface area contributed by atoms with Crippen LogP contribution in [0.2, 0.25) is 0 Å². The lowest BCUT2D eigenvalue weighted by Gasteiger charge is -2.28. The highest BCUT2D eigenvalue weighted by molar-refractivity contribution is 7.15. The smallest absolute Gasteiger partial charge is 0.193 e. The largest absolute Gasteiger partial charge is 0.385 e. The molecule has 1 atom stereocenters. The van der Waals surface area contributed by atoms with Crippen LogP contribution in [-0.2, 0) is 18.4 Å². The van der Waals surface area contributed by atoms with E-state index in [1.807, 2.05) is 28.2 Å². The van der Waals surface area contributed by atoms with E-state index in [2.05, 4.69) is 23.2 Å². The fraction of sp³-hybridized carbons (Fsp3) is 0.353. The van der Waals surface area contributed by atoms with Crippen LogP contribution in [0.15, 0.2) is 42.0 Å². The van der Waals surface area contributed by atoms with E-state index in [9.17, 15) is 5.11 Å². The highest BCUT2D eigenvalue weighted by Crippen LogP contribution is 2.36. The van der Waals surface area contributed by atoms with E-state index in [-0.39, 0.29) is 0 Å². The topological polar surface area (TPSA) is 37.5 Å². The van der Waals surface area contributed by atoms with Gasteiger partial charge >= 0.3 is 0 Å². The molecule has 2 aromatic heterocycles. The first-order chi connectivity index (χ1) is 10.2. The Morgan fingerprint density at radius 1 is 1.29 bits per heavy atom. The van der Waals surface area contributed by atoms with Crippen LogP contribution < -0.4 is 0 Å². The Morgan fingerprint density at radius 2 is 2.19 bits per heavy atom. The summed E-state index contributed by atoms with van der Waals surface area (Å²) in [5, 5.41) is 13.3. The summed E-state index contributed by atoms with van der Waals surface area (Å²) in [6.07, 6.45) is 8.74. The molecule has 0 bridgehead atoms. The number of fused-ring (bicyclic) bond motifs is 2. The summed E-state index contributed by atoms with van der Waals surface area (Å²) in [4.78, 5) is 5.63. The molecule has 108 valence electrons. The molecule has 0 saturated heterocycles. The molecule has 0 aliphatic heterocycles. The molecule has 0 spiro atoms. The number of aromatic nitrogens is 2. The minimum Gasteiger partial charge on any atom is -0.385 e. The summed E-state index contributed by atoms with van der Waals surface area (Å²) in [7, 11) is 0. The van der Waals surface area contributed by atoms with Gasteiger partial charge in [0.25, 0.3) is 0 Å². The molecule has 0 amide bonds. The van der Waals surface area contributed by atoms with Crippen molar-refractivity contribution in [2.24, 2.45) is 0 Å². The Hall–Kier alpha value is -1.65. The number of hydrogen-bond acceptors (Lipinski definition) is 3. The molecule has 1 N–H and O–H groups in total. The molecule has 0 fully saturated rings. The van der Waals surface area contributed by atoms with Gasteiger partial charge < -0.3 is 5.11 Å². The maximum absolute atomic E-state index is 11.3. The minimum absolute atomic E-state index is 0.596. The van der Waals surface area contributed by atoms with Crippen molar-refractivity contribution in [3.8, 4) is 0 Å². The van der Waals surface area contributed by atoms with E-state index in [0.717, 1.165) is 41.9 Å². The molecule has 0 radical (unpaired) electrons. The number of rotatable bonds is 2. The highest BCUT2D eigenvalue weighted by atomic mass is 32.1. The van der Waals surface area contributed by atoms with Gasteiger partial charge in [0.05, 0.1) is 11.3 Å². The zero-order chi connectivity index (χ0) is 14.3. The van der Waals surface area contributed by atoms with E-state index in [4.69, 9.17) is 0 Å². The second-order valence-corrected chi connectivity index (χ2v) is 6.77. The zero-order valence-corrected chi connectivity index (χ0v) is 12.6. The van der Waals surface area contributed by atoms with Gasteiger partial charge in [0.15, 0.2) is 4.96 Å². The lowest BCUT2D eigenvalue weighted by molar-refractivity contribution is 0.0264. The van der Waals surface area contributed by atoms with Crippen molar-refractivity contribution in [1.82, 2.24) is 9.38 Å². The van der Waals surface area contributed by atoms with Crippen molar-refractivity contribution in [3.05, 3.63) is 58.9 Å². The van der Waals surface area contributed by atoms with Crippen LogP contribution in [0.3, 0.4) is 0 Å². The van der Waals surface area contributed by atoms with Crippen LogP contribution in [-0.4, -0.2) is 14.5 Å². The average molecular weight is 298 g/mol. The third-order valence-electron chi connectivity index (χ3n) is 4.42. The van der Waals surface area contributed by atoms with E-state index in [0.29, 0.717) is 6.42 Å². The van der Waals surface area contributed by atoms with Gasteiger partial charge in [-0.1, -0.05) is 24.3 Å². The summed E-state index contributed by atoms with van der Waals surface area (Å²) in [5.41, 5.74) is 2.58. The Kier molecular flexibility index (Phi) is 3.08. The molecule has 21 heavy (non-hydrogen) atoms. The van der Waals surface area contributed by atoms with E-state index < -0.39 is 5.60 Å². The van der Waals surface area contributed by atoms with Crippen molar-refractivity contribution in [2.45, 2.75) is 37.7 Å². The highest BCUT2D eigenvalue weighted by Gasteiger charge is 2.33. The second-order valence-electron chi connectivity index (χ2n) is 5.90. The SMILES string of the molecule is OC1(Cc2cn3ccsc3n2)CCCCc2ccccc21. The van der Waals surface area contributed by atoms with E-state index >= 15 is 0 Å². The van der Waals surface area contributed by atoms with Gasteiger partial charge in [-0.15, -0.1) is 11.3 Å². The quantitative estimate of drug-likeness (QED) is 0.735. The van der Waals surface area contributed by atoms with Gasteiger partial charge in [-0.05, 0) is 36.8 Å². The van der Waals surface area contributed by atoms with Gasteiger partial charge in [-0.2, -0.15) is 0 Å². The van der Waals surface area contributed by atoms with Gasteiger partial charge in [0, 0.05) is 24.2 Å². The molecule has 1 aromatic carbocycles. The molecular formula is C17H18N2OS. The lowest BCUT2D eigenvalue weighted by Crippen LogP contribution is -2.29.